The number of aromatic carboxylic acids is 1. The number of phenols is 7. The summed E-state index contributed by atoms with van der Waals surface area (Å²) >= 11 is 0. The van der Waals surface area contributed by atoms with Crippen LogP contribution in [-0.2, 0) is 6.42 Å². The van der Waals surface area contributed by atoms with Gasteiger partial charge in [-0.2, -0.15) is 0 Å². The Bertz CT molecular complexity index is 1350. The topological polar surface area (TPSA) is 197 Å². The van der Waals surface area contributed by atoms with E-state index >= 15 is 4.39 Å². The number of carbonyl (C=O) groups is 1. The minimum absolute atomic E-state index is 0.0530. The molecule has 12 heteroatoms. The summed E-state index contributed by atoms with van der Waals surface area (Å²) in [7, 11) is 0.957. The maximum atomic E-state index is 15.1. The Labute approximate surface area is 195 Å². The lowest BCUT2D eigenvalue weighted by molar-refractivity contribution is 0.0684. The molecule has 3 aromatic rings. The van der Waals surface area contributed by atoms with Crippen LogP contribution in [-0.4, -0.2) is 53.9 Å². The molecule has 0 radical (unpaired) electrons. The molecule has 2 atom stereocenters. The van der Waals surface area contributed by atoms with E-state index in [1.165, 1.54) is 0 Å². The number of halogens is 1. The highest BCUT2D eigenvalue weighted by molar-refractivity contribution is 5.93. The van der Waals surface area contributed by atoms with Gasteiger partial charge in [-0.1, -0.05) is 0 Å². The fraction of sp³-hybridized carbons (Fsp3) is 0.174. The Kier molecular flexibility index (Phi) is 5.51. The van der Waals surface area contributed by atoms with Gasteiger partial charge in [-0.3, -0.25) is 0 Å². The summed E-state index contributed by atoms with van der Waals surface area (Å²) < 4.78 is 25.7. The van der Waals surface area contributed by atoms with Crippen molar-refractivity contribution < 1.29 is 59.5 Å². The molecule has 184 valence electrons. The van der Waals surface area contributed by atoms with Gasteiger partial charge >= 0.3 is 5.97 Å². The lowest BCUT2D eigenvalue weighted by Gasteiger charge is -2.36. The molecule has 3 aromatic carbocycles. The summed E-state index contributed by atoms with van der Waals surface area (Å²) in [5, 5.41) is 80.7. The second kappa shape index (κ2) is 8.24. The monoisotopic (exact) mass is 490 g/mol. The number of methoxy groups -OCH3 is 1. The van der Waals surface area contributed by atoms with Gasteiger partial charge in [-0.15, -0.1) is 0 Å². The number of ether oxygens (including phenoxy) is 2. The van der Waals surface area contributed by atoms with Gasteiger partial charge < -0.3 is 50.3 Å². The molecule has 0 saturated heterocycles. The van der Waals surface area contributed by atoms with E-state index in [-0.39, 0.29) is 29.0 Å². The van der Waals surface area contributed by atoms with E-state index in [0.29, 0.717) is 0 Å². The van der Waals surface area contributed by atoms with Crippen molar-refractivity contribution in [2.75, 3.05) is 7.11 Å². The Balaban J connectivity index is 2.04. The molecule has 1 aliphatic heterocycles. The first kappa shape index (κ1) is 23.4. The number of phenolic OH excluding ortho intramolecular Hbond substituents is 7. The lowest BCUT2D eigenvalue weighted by Crippen LogP contribution is -2.27. The highest BCUT2D eigenvalue weighted by Gasteiger charge is 2.41. The Morgan fingerprint density at radius 2 is 1.57 bits per heavy atom. The molecular formula is C23H19FO11. The molecule has 4 rings (SSSR count). The summed E-state index contributed by atoms with van der Waals surface area (Å²) in [4.78, 5) is 12.0. The number of fused-ring (bicyclic) bond motifs is 1. The molecule has 0 spiro atoms. The molecule has 35 heavy (non-hydrogen) atoms. The molecule has 0 aromatic heterocycles. The first-order chi connectivity index (χ1) is 16.5. The van der Waals surface area contributed by atoms with Gasteiger partial charge in [0.2, 0.25) is 11.5 Å². The van der Waals surface area contributed by atoms with E-state index in [2.05, 4.69) is 0 Å². The van der Waals surface area contributed by atoms with Crippen molar-refractivity contribution in [1.29, 1.82) is 0 Å². The first-order valence-electron chi connectivity index (χ1n) is 9.97. The number of rotatable bonds is 4. The summed E-state index contributed by atoms with van der Waals surface area (Å²) in [5.74, 6) is -11.0. The zero-order valence-corrected chi connectivity index (χ0v) is 17.9. The van der Waals surface area contributed by atoms with E-state index in [1.54, 1.807) is 0 Å². The number of carboxylic acids is 1. The fourth-order valence-electron chi connectivity index (χ4n) is 4.26. The third-order valence-electron chi connectivity index (χ3n) is 5.81. The molecule has 0 aliphatic carbocycles. The quantitative estimate of drug-likeness (QED) is 0.250. The minimum atomic E-state index is -1.82. The van der Waals surface area contributed by atoms with Gasteiger partial charge in [0.25, 0.3) is 0 Å². The van der Waals surface area contributed by atoms with Gasteiger partial charge in [0.05, 0.1) is 7.11 Å². The van der Waals surface area contributed by atoms with Crippen molar-refractivity contribution in [3.8, 4) is 51.7 Å². The van der Waals surface area contributed by atoms with Gasteiger partial charge in [0.1, 0.15) is 28.9 Å². The normalized spacial score (nSPS) is 16.9. The van der Waals surface area contributed by atoms with Gasteiger partial charge in [0.15, 0.2) is 28.8 Å². The maximum absolute atomic E-state index is 15.1. The summed E-state index contributed by atoms with van der Waals surface area (Å²) in [5.41, 5.74) is -1.67. The zero-order valence-electron chi connectivity index (χ0n) is 17.9. The van der Waals surface area contributed by atoms with Crippen LogP contribution in [0.3, 0.4) is 0 Å². The molecule has 1 aliphatic rings. The van der Waals surface area contributed by atoms with Crippen molar-refractivity contribution in [2.45, 2.75) is 18.4 Å². The van der Waals surface area contributed by atoms with Crippen LogP contribution in [0.1, 0.15) is 39.1 Å². The van der Waals surface area contributed by atoms with Crippen LogP contribution in [0.2, 0.25) is 0 Å². The Hall–Kier alpha value is -4.74. The number of benzene rings is 3. The van der Waals surface area contributed by atoms with Crippen LogP contribution < -0.4 is 9.47 Å². The van der Waals surface area contributed by atoms with Gasteiger partial charge in [-0.25, -0.2) is 9.18 Å². The van der Waals surface area contributed by atoms with Crippen LogP contribution in [0.15, 0.2) is 24.3 Å². The second-order valence-corrected chi connectivity index (χ2v) is 7.84. The second-order valence-electron chi connectivity index (χ2n) is 7.84. The molecule has 0 saturated carbocycles. The summed E-state index contributed by atoms with van der Waals surface area (Å²) in [6.45, 7) is 0. The van der Waals surface area contributed by atoms with E-state index < -0.39 is 75.2 Å². The van der Waals surface area contributed by atoms with Crippen LogP contribution in [0, 0.1) is 5.82 Å². The van der Waals surface area contributed by atoms with Crippen LogP contribution in [0.4, 0.5) is 4.39 Å². The zero-order chi connectivity index (χ0) is 25.8. The first-order valence-corrected chi connectivity index (χ1v) is 9.97. The van der Waals surface area contributed by atoms with Gasteiger partial charge in [-0.05, 0) is 18.6 Å². The molecule has 11 nitrogen and oxygen atoms in total. The van der Waals surface area contributed by atoms with E-state index in [4.69, 9.17) is 9.47 Å². The standard InChI is InChI=1S/C23H19FO11/c1-34-22-17(24)16(23(32)33)15(19(30)20(22)31)10-6-9-11(26)4-8(25)5-14(9)35-21(10)7-2-12(27)18(29)13(28)3-7/h2-5,10,21,25-31H,6H2,1H3,(H,32,33)/t10?,21-/m0/s1. The van der Waals surface area contributed by atoms with E-state index in [9.17, 15) is 45.6 Å². The van der Waals surface area contributed by atoms with E-state index in [1.807, 2.05) is 0 Å². The van der Waals surface area contributed by atoms with Gasteiger partial charge in [0, 0.05) is 34.7 Å². The fourth-order valence-corrected chi connectivity index (χ4v) is 4.26. The molecule has 1 heterocycles. The third-order valence-corrected chi connectivity index (χ3v) is 5.81. The van der Waals surface area contributed by atoms with Crippen LogP contribution in [0.25, 0.3) is 0 Å². The SMILES string of the molecule is COc1c(O)c(O)c(C2Cc3c(O)cc(O)cc3O[C@H]2c2cc(O)c(O)c(O)c2)c(C(=O)O)c1F. The predicted octanol–water partition coefficient (Wildman–Crippen LogP) is 2.93. The minimum Gasteiger partial charge on any atom is -0.508 e. The molecule has 0 fully saturated rings. The highest BCUT2D eigenvalue weighted by atomic mass is 19.1. The third kappa shape index (κ3) is 3.64. The van der Waals surface area contributed by atoms with Crippen molar-refractivity contribution in [2.24, 2.45) is 0 Å². The van der Waals surface area contributed by atoms with Crippen molar-refractivity contribution in [3.63, 3.8) is 0 Å². The van der Waals surface area contributed by atoms with E-state index in [0.717, 1.165) is 31.4 Å². The smallest absolute Gasteiger partial charge is 0.339 e. The lowest BCUT2D eigenvalue weighted by atomic mass is 9.79. The summed E-state index contributed by atoms with van der Waals surface area (Å²) in [6, 6.07) is 4.10. The van der Waals surface area contributed by atoms with Crippen molar-refractivity contribution in [3.05, 3.63) is 52.3 Å². The Morgan fingerprint density at radius 1 is 0.943 bits per heavy atom. The van der Waals surface area contributed by atoms with Crippen LogP contribution >= 0.6 is 0 Å². The molecular weight excluding hydrogens is 471 g/mol. The highest BCUT2D eigenvalue weighted by Crippen LogP contribution is 2.55. The number of aromatic hydroxyl groups is 7. The predicted molar refractivity (Wildman–Crippen MR) is 114 cm³/mol. The largest absolute Gasteiger partial charge is 0.508 e. The molecule has 0 bridgehead atoms. The average molecular weight is 490 g/mol. The van der Waals surface area contributed by atoms with Crippen LogP contribution in [0.5, 0.6) is 51.7 Å². The van der Waals surface area contributed by atoms with Crippen molar-refractivity contribution >= 4 is 5.97 Å². The molecule has 0 amide bonds. The number of carboxylic acid groups (broad SMARTS) is 1. The molecule has 1 unspecified atom stereocenters. The maximum Gasteiger partial charge on any atom is 0.339 e. The Morgan fingerprint density at radius 3 is 2.14 bits per heavy atom. The average Bonchev–Trinajstić information content (AvgIpc) is 2.78. The summed E-state index contributed by atoms with van der Waals surface area (Å²) in [6.07, 6.45) is -1.70. The molecule has 8 N–H and O–H groups in total. The van der Waals surface area contributed by atoms with Crippen molar-refractivity contribution in [1.82, 2.24) is 0 Å². The number of hydrogen-bond acceptors (Lipinski definition) is 10. The number of hydrogen-bond donors (Lipinski definition) is 8.